The van der Waals surface area contributed by atoms with Crippen LogP contribution in [0.15, 0.2) is 36.4 Å². The molecule has 0 saturated carbocycles. The van der Waals surface area contributed by atoms with E-state index in [1.165, 1.54) is 19.8 Å². The van der Waals surface area contributed by atoms with Crippen molar-refractivity contribution in [2.45, 2.75) is 13.8 Å². The van der Waals surface area contributed by atoms with E-state index in [2.05, 4.69) is 32.0 Å². The van der Waals surface area contributed by atoms with E-state index in [9.17, 15) is 0 Å². The molecule has 0 saturated heterocycles. The Labute approximate surface area is 110 Å². The van der Waals surface area contributed by atoms with Gasteiger partial charge >= 0.3 is 110 Å². The fourth-order valence-corrected chi connectivity index (χ4v) is 7.16. The molecule has 2 aromatic carbocycles. The third-order valence-electron chi connectivity index (χ3n) is 3.02. The summed E-state index contributed by atoms with van der Waals surface area (Å²) in [4.78, 5) is 0. The second-order valence-electron chi connectivity index (χ2n) is 4.23. The van der Waals surface area contributed by atoms with Crippen molar-refractivity contribution in [1.82, 2.24) is 0 Å². The fraction of sp³-hybridized carbons (Fsp3) is 0.143. The molecule has 0 bridgehead atoms. The van der Waals surface area contributed by atoms with E-state index < -0.39 is 13.7 Å². The van der Waals surface area contributed by atoms with Crippen LogP contribution >= 0.6 is 9.95 Å². The number of halogens is 1. The van der Waals surface area contributed by atoms with Gasteiger partial charge in [-0.15, -0.1) is 0 Å². The molecule has 1 unspecified atom stereocenters. The van der Waals surface area contributed by atoms with Crippen LogP contribution in [0.2, 0.25) is 0 Å². The fourth-order valence-electron chi connectivity index (χ4n) is 2.08. The van der Waals surface area contributed by atoms with E-state index in [1.807, 2.05) is 18.2 Å². The number of rotatable bonds is 0. The molecular weight excluding hydrogens is 295 g/mol. The molecule has 2 aromatic rings. The van der Waals surface area contributed by atoms with Crippen molar-refractivity contribution in [1.29, 1.82) is 0 Å². The predicted molar refractivity (Wildman–Crippen MR) is 73.3 cm³/mol. The first-order chi connectivity index (χ1) is 8.18. The Balaban J connectivity index is 2.26. The number of hydrogen-bond acceptors (Lipinski definition) is 1. The average molecular weight is 307 g/mol. The molecule has 1 aliphatic rings. The van der Waals surface area contributed by atoms with Crippen LogP contribution in [-0.4, -0.2) is 13.7 Å². The van der Waals surface area contributed by atoms with Gasteiger partial charge in [0.25, 0.3) is 0 Å². The zero-order valence-electron chi connectivity index (χ0n) is 9.70. The molecule has 0 spiro atoms. The molecule has 1 nitrogen and oxygen atoms in total. The summed E-state index contributed by atoms with van der Waals surface area (Å²) in [6.07, 6.45) is 0. The van der Waals surface area contributed by atoms with E-state index >= 15 is 0 Å². The monoisotopic (exact) mass is 306 g/mol. The van der Waals surface area contributed by atoms with Gasteiger partial charge in [0.05, 0.1) is 0 Å². The van der Waals surface area contributed by atoms with Crippen LogP contribution in [-0.2, 0) is 0 Å². The van der Waals surface area contributed by atoms with Gasteiger partial charge in [0, 0.05) is 0 Å². The standard InChI is InChI=1S/C14H12AsClO/c1-9-7-8-10(2)14-13(9)15(16)11-5-3-4-6-12(11)17-14/h3-8H,1-2H3. The quantitative estimate of drug-likeness (QED) is 0.680. The minimum absolute atomic E-state index is 0.934. The molecule has 3 rings (SSSR count). The van der Waals surface area contributed by atoms with Crippen LogP contribution in [0.4, 0.5) is 0 Å². The van der Waals surface area contributed by atoms with Crippen molar-refractivity contribution < 1.29 is 4.74 Å². The minimum atomic E-state index is -1.68. The zero-order chi connectivity index (χ0) is 12.0. The molecule has 0 N–H and O–H groups in total. The Morgan fingerprint density at radius 3 is 2.53 bits per heavy atom. The van der Waals surface area contributed by atoms with Crippen molar-refractivity contribution in [3.05, 3.63) is 47.5 Å². The molecule has 1 heterocycles. The van der Waals surface area contributed by atoms with Crippen molar-refractivity contribution >= 4 is 32.4 Å². The van der Waals surface area contributed by atoms with Crippen LogP contribution in [0, 0.1) is 13.8 Å². The van der Waals surface area contributed by atoms with Gasteiger partial charge in [-0.25, -0.2) is 0 Å². The predicted octanol–water partition coefficient (Wildman–Crippen LogP) is 2.75. The maximum atomic E-state index is 6.72. The van der Waals surface area contributed by atoms with E-state index in [0.717, 1.165) is 11.5 Å². The summed E-state index contributed by atoms with van der Waals surface area (Å²) in [7, 11) is 6.72. The summed E-state index contributed by atoms with van der Waals surface area (Å²) in [6.45, 7) is 4.19. The average Bonchev–Trinajstić information content (AvgIpc) is 2.34. The Kier molecular flexibility index (Phi) is 2.69. The van der Waals surface area contributed by atoms with Crippen LogP contribution in [0.25, 0.3) is 0 Å². The SMILES string of the molecule is Cc1ccc(C)c2c1Oc1ccccc1[As]2Cl. The second kappa shape index (κ2) is 4.08. The molecular formula is C14H12AsClO. The van der Waals surface area contributed by atoms with E-state index in [-0.39, 0.29) is 0 Å². The van der Waals surface area contributed by atoms with Crippen LogP contribution in [0.1, 0.15) is 11.1 Å². The van der Waals surface area contributed by atoms with Gasteiger partial charge in [0.15, 0.2) is 0 Å². The first-order valence-corrected chi connectivity index (χ1v) is 9.86. The summed E-state index contributed by atoms with van der Waals surface area (Å²) >= 11 is -1.68. The van der Waals surface area contributed by atoms with Gasteiger partial charge in [-0.05, 0) is 0 Å². The first-order valence-electron chi connectivity index (χ1n) is 5.51. The molecule has 0 aromatic heterocycles. The number of para-hydroxylation sites is 1. The van der Waals surface area contributed by atoms with Gasteiger partial charge in [0.1, 0.15) is 0 Å². The Hall–Kier alpha value is -0.912. The first kappa shape index (κ1) is 11.2. The van der Waals surface area contributed by atoms with Crippen LogP contribution in [0.5, 0.6) is 11.5 Å². The molecule has 0 radical (unpaired) electrons. The molecule has 0 fully saturated rings. The van der Waals surface area contributed by atoms with Gasteiger partial charge in [0.2, 0.25) is 0 Å². The molecule has 86 valence electrons. The summed E-state index contributed by atoms with van der Waals surface area (Å²) in [6, 6.07) is 12.4. The van der Waals surface area contributed by atoms with E-state index in [0.29, 0.717) is 0 Å². The van der Waals surface area contributed by atoms with Crippen molar-refractivity contribution in [2.75, 3.05) is 0 Å². The second-order valence-corrected chi connectivity index (χ2v) is 9.11. The number of ether oxygens (including phenoxy) is 1. The summed E-state index contributed by atoms with van der Waals surface area (Å²) in [5.41, 5.74) is 2.41. The molecule has 0 aliphatic carbocycles. The molecule has 0 amide bonds. The topological polar surface area (TPSA) is 9.23 Å². The van der Waals surface area contributed by atoms with Crippen molar-refractivity contribution in [3.63, 3.8) is 0 Å². The number of fused-ring (bicyclic) bond motifs is 2. The third kappa shape index (κ3) is 1.69. The number of hydrogen-bond donors (Lipinski definition) is 0. The zero-order valence-corrected chi connectivity index (χ0v) is 12.3. The Morgan fingerprint density at radius 2 is 1.71 bits per heavy atom. The summed E-state index contributed by atoms with van der Waals surface area (Å²) in [5, 5.41) is 0. The summed E-state index contributed by atoms with van der Waals surface area (Å²) < 4.78 is 8.46. The molecule has 17 heavy (non-hydrogen) atoms. The van der Waals surface area contributed by atoms with Crippen LogP contribution < -0.4 is 13.4 Å². The van der Waals surface area contributed by atoms with Gasteiger partial charge < -0.3 is 0 Å². The van der Waals surface area contributed by atoms with Gasteiger partial charge in [-0.1, -0.05) is 0 Å². The van der Waals surface area contributed by atoms with E-state index in [1.54, 1.807) is 0 Å². The van der Waals surface area contributed by atoms with Crippen LogP contribution in [0.3, 0.4) is 0 Å². The van der Waals surface area contributed by atoms with Gasteiger partial charge in [-0.2, -0.15) is 0 Å². The third-order valence-corrected chi connectivity index (χ3v) is 8.49. The molecule has 3 heteroatoms. The maximum absolute atomic E-state index is 6.72. The Bertz CT molecular complexity index is 595. The number of benzene rings is 2. The molecule has 1 aliphatic heterocycles. The molecule has 1 atom stereocenters. The van der Waals surface area contributed by atoms with Gasteiger partial charge in [-0.3, -0.25) is 0 Å². The normalized spacial score (nSPS) is 17.0. The Morgan fingerprint density at radius 1 is 1.00 bits per heavy atom. The summed E-state index contributed by atoms with van der Waals surface area (Å²) in [5.74, 6) is 1.92. The number of aryl methyl sites for hydroxylation is 2. The van der Waals surface area contributed by atoms with Crippen molar-refractivity contribution in [3.8, 4) is 11.5 Å². The van der Waals surface area contributed by atoms with E-state index in [4.69, 9.17) is 14.7 Å². The van der Waals surface area contributed by atoms with Crippen molar-refractivity contribution in [2.24, 2.45) is 0 Å².